The van der Waals surface area contributed by atoms with Gasteiger partial charge in [-0.25, -0.2) is 9.18 Å². The van der Waals surface area contributed by atoms with Crippen molar-refractivity contribution in [3.05, 3.63) is 29.0 Å². The number of carbonyl (C=O) groups excluding carboxylic acids is 2. The topological polar surface area (TPSA) is 113 Å². The molecule has 0 bridgehead atoms. The maximum absolute atomic E-state index is 13.5. The molecule has 0 aliphatic carbocycles. The molecule has 20 heavy (non-hydrogen) atoms. The Morgan fingerprint density at radius 3 is 2.50 bits per heavy atom. The van der Waals surface area contributed by atoms with Crippen LogP contribution in [0.4, 0.5) is 14.9 Å². The lowest BCUT2D eigenvalue weighted by atomic mass is 10.3. The van der Waals surface area contributed by atoms with Crippen LogP contribution in [0.15, 0.2) is 18.2 Å². The maximum Gasteiger partial charge on any atom is 0.323 e. The minimum atomic E-state index is -1.35. The van der Waals surface area contributed by atoms with Gasteiger partial charge in [0.05, 0.1) is 10.7 Å². The van der Waals surface area contributed by atoms with Gasteiger partial charge in [0.2, 0.25) is 5.91 Å². The number of nitrogens with zero attached hydrogens (tertiary/aromatic N) is 1. The zero-order valence-corrected chi connectivity index (χ0v) is 10.9. The second-order valence-electron chi connectivity index (χ2n) is 3.74. The minimum absolute atomic E-state index is 0.0623. The molecule has 0 unspecified atom stereocenters. The number of carbonyl (C=O) groups is 3. The SMILES string of the molecule is NC(=O)CN(CC(=O)O)C(=O)Nc1c(F)cccc1Cl. The average Bonchev–Trinajstić information content (AvgIpc) is 2.31. The van der Waals surface area contributed by atoms with Crippen molar-refractivity contribution in [1.29, 1.82) is 0 Å². The first-order chi connectivity index (χ1) is 9.31. The van der Waals surface area contributed by atoms with E-state index in [9.17, 15) is 18.8 Å². The van der Waals surface area contributed by atoms with Crippen molar-refractivity contribution in [2.75, 3.05) is 18.4 Å². The molecule has 1 aromatic rings. The molecule has 0 fully saturated rings. The van der Waals surface area contributed by atoms with Crippen LogP contribution in [-0.2, 0) is 9.59 Å². The van der Waals surface area contributed by atoms with E-state index in [1.807, 2.05) is 0 Å². The lowest BCUT2D eigenvalue weighted by Crippen LogP contribution is -2.43. The number of urea groups is 1. The van der Waals surface area contributed by atoms with Crippen molar-refractivity contribution < 1.29 is 23.9 Å². The predicted octanol–water partition coefficient (Wildman–Crippen LogP) is 0.883. The fourth-order valence-corrected chi connectivity index (χ4v) is 1.56. The van der Waals surface area contributed by atoms with Crippen LogP contribution in [0.1, 0.15) is 0 Å². The molecule has 0 saturated heterocycles. The molecule has 0 aliphatic rings. The normalized spacial score (nSPS) is 9.90. The molecule has 9 heteroatoms. The highest BCUT2D eigenvalue weighted by Gasteiger charge is 2.20. The molecule has 4 N–H and O–H groups in total. The molecule has 108 valence electrons. The number of rotatable bonds is 5. The first kappa shape index (κ1) is 15.7. The van der Waals surface area contributed by atoms with E-state index in [0.29, 0.717) is 4.90 Å². The molecular weight excluding hydrogens is 293 g/mol. The van der Waals surface area contributed by atoms with Crippen molar-refractivity contribution in [2.24, 2.45) is 5.73 Å². The van der Waals surface area contributed by atoms with E-state index < -0.39 is 36.8 Å². The maximum atomic E-state index is 13.5. The molecule has 0 aliphatic heterocycles. The summed E-state index contributed by atoms with van der Waals surface area (Å²) in [7, 11) is 0. The molecule has 3 amide bonds. The van der Waals surface area contributed by atoms with Gasteiger partial charge in [0.15, 0.2) is 0 Å². The van der Waals surface area contributed by atoms with Gasteiger partial charge in [-0.3, -0.25) is 9.59 Å². The van der Waals surface area contributed by atoms with Gasteiger partial charge in [-0.05, 0) is 12.1 Å². The van der Waals surface area contributed by atoms with E-state index in [1.54, 1.807) is 0 Å². The molecule has 0 heterocycles. The number of hydrogen-bond donors (Lipinski definition) is 3. The second-order valence-corrected chi connectivity index (χ2v) is 4.15. The van der Waals surface area contributed by atoms with E-state index in [4.69, 9.17) is 22.4 Å². The lowest BCUT2D eigenvalue weighted by Gasteiger charge is -2.20. The van der Waals surface area contributed by atoms with Gasteiger partial charge in [-0.2, -0.15) is 0 Å². The molecule has 0 atom stereocenters. The Morgan fingerprint density at radius 1 is 1.35 bits per heavy atom. The first-order valence-electron chi connectivity index (χ1n) is 5.31. The summed E-state index contributed by atoms with van der Waals surface area (Å²) in [5.41, 5.74) is 4.60. The van der Waals surface area contributed by atoms with Crippen LogP contribution < -0.4 is 11.1 Å². The first-order valence-corrected chi connectivity index (χ1v) is 5.69. The fourth-order valence-electron chi connectivity index (χ4n) is 1.35. The third-order valence-corrected chi connectivity index (χ3v) is 2.47. The number of nitrogens with two attached hydrogens (primary N) is 1. The number of anilines is 1. The molecular formula is C11H11ClFN3O4. The van der Waals surface area contributed by atoms with Gasteiger partial charge in [0.25, 0.3) is 0 Å². The molecule has 1 rings (SSSR count). The summed E-state index contributed by atoms with van der Waals surface area (Å²) >= 11 is 5.71. The Hall–Kier alpha value is -2.35. The van der Waals surface area contributed by atoms with Gasteiger partial charge in [0, 0.05) is 0 Å². The van der Waals surface area contributed by atoms with Crippen molar-refractivity contribution in [3.63, 3.8) is 0 Å². The zero-order valence-electron chi connectivity index (χ0n) is 10.1. The number of benzene rings is 1. The summed E-state index contributed by atoms with van der Waals surface area (Å²) in [4.78, 5) is 33.8. The Bertz CT molecular complexity index is 516. The van der Waals surface area contributed by atoms with Crippen LogP contribution in [-0.4, -0.2) is 41.0 Å². The van der Waals surface area contributed by atoms with Crippen molar-refractivity contribution >= 4 is 35.2 Å². The summed E-state index contributed by atoms with van der Waals surface area (Å²) in [6, 6.07) is 2.75. The zero-order chi connectivity index (χ0) is 15.3. The molecule has 1 aromatic carbocycles. The second kappa shape index (κ2) is 6.71. The number of carboxylic acids is 1. The van der Waals surface area contributed by atoms with Crippen LogP contribution in [0.25, 0.3) is 0 Å². The van der Waals surface area contributed by atoms with Gasteiger partial charge in [-0.1, -0.05) is 17.7 Å². The molecule has 0 spiro atoms. The summed E-state index contributed by atoms with van der Waals surface area (Å²) in [5, 5.41) is 10.7. The van der Waals surface area contributed by atoms with E-state index in [-0.39, 0.29) is 10.7 Å². The lowest BCUT2D eigenvalue weighted by molar-refractivity contribution is -0.137. The van der Waals surface area contributed by atoms with Gasteiger partial charge in [-0.15, -0.1) is 0 Å². The number of para-hydroxylation sites is 1. The van der Waals surface area contributed by atoms with Crippen LogP contribution in [0.2, 0.25) is 5.02 Å². The van der Waals surface area contributed by atoms with Gasteiger partial charge in [0.1, 0.15) is 18.9 Å². The number of nitrogens with one attached hydrogen (secondary N) is 1. The highest BCUT2D eigenvalue weighted by molar-refractivity contribution is 6.33. The monoisotopic (exact) mass is 303 g/mol. The Kier molecular flexibility index (Phi) is 5.27. The molecule has 7 nitrogen and oxygen atoms in total. The third-order valence-electron chi connectivity index (χ3n) is 2.15. The molecule has 0 saturated carbocycles. The smallest absolute Gasteiger partial charge is 0.323 e. The molecule has 0 radical (unpaired) electrons. The van der Waals surface area contributed by atoms with E-state index in [1.165, 1.54) is 12.1 Å². The highest BCUT2D eigenvalue weighted by atomic mass is 35.5. The number of hydrogen-bond acceptors (Lipinski definition) is 3. The summed E-state index contributed by atoms with van der Waals surface area (Å²) in [6.07, 6.45) is 0. The van der Waals surface area contributed by atoms with Gasteiger partial charge >= 0.3 is 12.0 Å². The van der Waals surface area contributed by atoms with E-state index >= 15 is 0 Å². The summed E-state index contributed by atoms with van der Waals surface area (Å²) in [5.74, 6) is -3.04. The standard InChI is InChI=1S/C11H11ClFN3O4/c12-6-2-1-3-7(13)10(6)15-11(20)16(4-8(14)17)5-9(18)19/h1-3H,4-5H2,(H2,14,17)(H,15,20)(H,18,19). The van der Waals surface area contributed by atoms with Gasteiger partial charge < -0.3 is 21.1 Å². The van der Waals surface area contributed by atoms with Crippen LogP contribution in [0, 0.1) is 5.82 Å². The van der Waals surface area contributed by atoms with Crippen LogP contribution in [0.5, 0.6) is 0 Å². The van der Waals surface area contributed by atoms with Crippen molar-refractivity contribution in [1.82, 2.24) is 4.90 Å². The van der Waals surface area contributed by atoms with E-state index in [2.05, 4.69) is 5.32 Å². The number of halogens is 2. The Labute approximate surface area is 118 Å². The largest absolute Gasteiger partial charge is 0.480 e. The minimum Gasteiger partial charge on any atom is -0.480 e. The fraction of sp³-hybridized carbons (Fsp3) is 0.182. The Balaban J connectivity index is 2.90. The predicted molar refractivity (Wildman–Crippen MR) is 68.8 cm³/mol. The summed E-state index contributed by atoms with van der Waals surface area (Å²) in [6.45, 7) is -1.38. The highest BCUT2D eigenvalue weighted by Crippen LogP contribution is 2.24. The quantitative estimate of drug-likeness (QED) is 0.749. The number of amides is 3. The van der Waals surface area contributed by atoms with Crippen LogP contribution in [0.3, 0.4) is 0 Å². The number of aliphatic carboxylic acids is 1. The number of carboxylic acid groups (broad SMARTS) is 1. The van der Waals surface area contributed by atoms with E-state index in [0.717, 1.165) is 6.07 Å². The Morgan fingerprint density at radius 2 is 2.00 bits per heavy atom. The van der Waals surface area contributed by atoms with Crippen molar-refractivity contribution in [3.8, 4) is 0 Å². The summed E-state index contributed by atoms with van der Waals surface area (Å²) < 4.78 is 13.5. The third kappa shape index (κ3) is 4.39. The molecule has 0 aromatic heterocycles. The number of primary amides is 1. The van der Waals surface area contributed by atoms with Crippen LogP contribution >= 0.6 is 11.6 Å². The van der Waals surface area contributed by atoms with Crippen molar-refractivity contribution in [2.45, 2.75) is 0 Å². The average molecular weight is 304 g/mol.